The maximum Gasteiger partial charge on any atom is 0.236 e. The van der Waals surface area contributed by atoms with Crippen LogP contribution in [0.3, 0.4) is 0 Å². The topological polar surface area (TPSA) is 76.1 Å². The van der Waals surface area contributed by atoms with E-state index in [1.165, 1.54) is 4.90 Å². The Balaban J connectivity index is 1.30. The Bertz CT molecular complexity index is 1450. The fourth-order valence-corrected chi connectivity index (χ4v) is 6.07. The van der Waals surface area contributed by atoms with Crippen molar-refractivity contribution in [2.45, 2.75) is 18.6 Å². The highest BCUT2D eigenvalue weighted by Gasteiger charge is 2.64. The lowest BCUT2D eigenvalue weighted by Crippen LogP contribution is -2.44. The molecule has 4 aliphatic rings. The predicted molar refractivity (Wildman–Crippen MR) is 130 cm³/mol. The van der Waals surface area contributed by atoms with E-state index in [2.05, 4.69) is 0 Å². The van der Waals surface area contributed by atoms with Crippen LogP contribution in [0.2, 0.25) is 0 Å². The molecule has 0 unspecified atom stereocenters. The Morgan fingerprint density at radius 3 is 2.47 bits per heavy atom. The van der Waals surface area contributed by atoms with E-state index in [1.807, 2.05) is 65.7 Å². The highest BCUT2D eigenvalue weighted by atomic mass is 16.7. The van der Waals surface area contributed by atoms with Gasteiger partial charge >= 0.3 is 0 Å². The number of benzene rings is 3. The summed E-state index contributed by atoms with van der Waals surface area (Å²) in [5.74, 6) is -0.868. The lowest BCUT2D eigenvalue weighted by atomic mass is 9.83. The van der Waals surface area contributed by atoms with Crippen LogP contribution in [0.15, 0.2) is 79.0 Å². The Morgan fingerprint density at radius 1 is 0.861 bits per heavy atom. The number of carbonyl (C=O) groups is 3. The molecule has 0 bridgehead atoms. The molecule has 0 spiro atoms. The van der Waals surface area contributed by atoms with Gasteiger partial charge in [0.2, 0.25) is 18.6 Å². The summed E-state index contributed by atoms with van der Waals surface area (Å²) in [6, 6.07) is 21.1. The number of nitrogens with zero attached hydrogens (tertiary/aromatic N) is 2. The van der Waals surface area contributed by atoms with Gasteiger partial charge in [0, 0.05) is 11.8 Å². The number of carbonyl (C=O) groups excluding carboxylic acids is 3. The van der Waals surface area contributed by atoms with Crippen LogP contribution in [0.1, 0.15) is 33.1 Å². The molecule has 4 heterocycles. The van der Waals surface area contributed by atoms with Crippen LogP contribution < -0.4 is 9.47 Å². The van der Waals surface area contributed by atoms with Gasteiger partial charge in [-0.2, -0.15) is 0 Å². The molecular formula is C29H22N2O5. The Hall–Kier alpha value is -4.39. The van der Waals surface area contributed by atoms with Gasteiger partial charge in [0.05, 0.1) is 24.4 Å². The lowest BCUT2D eigenvalue weighted by molar-refractivity contribution is -0.142. The van der Waals surface area contributed by atoms with Crippen molar-refractivity contribution in [3.8, 4) is 11.5 Å². The third-order valence-electron chi connectivity index (χ3n) is 7.66. The summed E-state index contributed by atoms with van der Waals surface area (Å²) in [5, 5.41) is 0. The standard InChI is InChI=1S/C29H22N2O5/c32-27(19-7-2-1-3-8-19)26-24-23(25-20-9-5-4-6-18(20)12-13-30(25)26)28(33)31(29(24)34)15-17-10-11-21-22(14-17)36-16-35-21/h1-14,23-26H,15-16H2/t23-,24+,25+,26+/m0/s1. The second-order valence-electron chi connectivity index (χ2n) is 9.51. The summed E-state index contributed by atoms with van der Waals surface area (Å²) in [6.45, 7) is 0.274. The van der Waals surface area contributed by atoms with Crippen LogP contribution >= 0.6 is 0 Å². The average molecular weight is 479 g/mol. The Kier molecular flexibility index (Phi) is 4.54. The van der Waals surface area contributed by atoms with Crippen molar-refractivity contribution >= 4 is 23.7 Å². The zero-order chi connectivity index (χ0) is 24.4. The fourth-order valence-electron chi connectivity index (χ4n) is 6.07. The van der Waals surface area contributed by atoms with Crippen molar-refractivity contribution in [2.24, 2.45) is 11.8 Å². The van der Waals surface area contributed by atoms with Crippen LogP contribution in [0.25, 0.3) is 6.08 Å². The third-order valence-corrected chi connectivity index (χ3v) is 7.66. The molecule has 0 aromatic heterocycles. The first-order valence-corrected chi connectivity index (χ1v) is 12.0. The molecule has 3 aromatic carbocycles. The fraction of sp³-hybridized carbons (Fsp3) is 0.207. The SMILES string of the molecule is O=C(c1ccccc1)[C@H]1[C@@H]2C(=O)N(Cc3ccc4c(c3)OCO4)C(=O)[C@@H]2[C@H]2c3ccccc3C=CN21. The molecule has 3 aromatic rings. The van der Waals surface area contributed by atoms with E-state index in [9.17, 15) is 14.4 Å². The van der Waals surface area contributed by atoms with E-state index in [1.54, 1.807) is 24.3 Å². The monoisotopic (exact) mass is 478 g/mol. The summed E-state index contributed by atoms with van der Waals surface area (Å²) in [7, 11) is 0. The van der Waals surface area contributed by atoms with Crippen molar-refractivity contribution in [3.05, 3.63) is 101 Å². The molecule has 4 aliphatic heterocycles. The van der Waals surface area contributed by atoms with Crippen LogP contribution in [0.4, 0.5) is 0 Å². The molecule has 4 atom stereocenters. The van der Waals surface area contributed by atoms with E-state index >= 15 is 0 Å². The van der Waals surface area contributed by atoms with Crippen molar-refractivity contribution in [1.82, 2.24) is 9.80 Å². The van der Waals surface area contributed by atoms with Gasteiger partial charge in [0.1, 0.15) is 6.04 Å². The average Bonchev–Trinajstić information content (AvgIpc) is 3.59. The number of imide groups is 1. The molecule has 7 rings (SSSR count). The maximum absolute atomic E-state index is 13.9. The number of hydrogen-bond donors (Lipinski definition) is 0. The van der Waals surface area contributed by atoms with Gasteiger partial charge in [-0.15, -0.1) is 0 Å². The minimum absolute atomic E-state index is 0.123. The number of Topliss-reactive ketones (excluding diaryl/α,β-unsaturated/α-hetero) is 1. The Labute approximate surface area is 207 Å². The third kappa shape index (κ3) is 2.95. The van der Waals surface area contributed by atoms with Gasteiger partial charge in [-0.05, 0) is 34.9 Å². The van der Waals surface area contributed by atoms with Crippen LogP contribution in [0, 0.1) is 11.8 Å². The van der Waals surface area contributed by atoms with Gasteiger partial charge in [0.25, 0.3) is 0 Å². The number of rotatable bonds is 4. The zero-order valence-electron chi connectivity index (χ0n) is 19.2. The summed E-state index contributed by atoms with van der Waals surface area (Å²) in [6.07, 6.45) is 3.83. The normalized spacial score (nSPS) is 25.1. The lowest BCUT2D eigenvalue weighted by Gasteiger charge is -2.35. The van der Waals surface area contributed by atoms with Gasteiger partial charge in [0.15, 0.2) is 17.3 Å². The van der Waals surface area contributed by atoms with Crippen LogP contribution in [0.5, 0.6) is 11.5 Å². The summed E-state index contributed by atoms with van der Waals surface area (Å²) in [4.78, 5) is 44.8. The summed E-state index contributed by atoms with van der Waals surface area (Å²) >= 11 is 0. The smallest absolute Gasteiger partial charge is 0.236 e. The molecule has 2 amide bonds. The number of likely N-dealkylation sites (tertiary alicyclic amines) is 1. The Morgan fingerprint density at radius 2 is 1.61 bits per heavy atom. The molecule has 178 valence electrons. The van der Waals surface area contributed by atoms with Gasteiger partial charge in [-0.1, -0.05) is 60.7 Å². The van der Waals surface area contributed by atoms with Crippen LogP contribution in [-0.2, 0) is 16.1 Å². The number of hydrogen-bond acceptors (Lipinski definition) is 6. The highest BCUT2D eigenvalue weighted by molar-refractivity contribution is 6.12. The summed E-state index contributed by atoms with van der Waals surface area (Å²) < 4.78 is 10.9. The first-order valence-electron chi connectivity index (χ1n) is 12.0. The highest BCUT2D eigenvalue weighted by Crippen LogP contribution is 2.53. The van der Waals surface area contributed by atoms with Crippen molar-refractivity contribution in [2.75, 3.05) is 6.79 Å². The van der Waals surface area contributed by atoms with E-state index < -0.39 is 17.9 Å². The molecular weight excluding hydrogens is 456 g/mol. The van der Waals surface area contributed by atoms with Crippen molar-refractivity contribution < 1.29 is 23.9 Å². The second-order valence-corrected chi connectivity index (χ2v) is 9.51. The molecule has 0 saturated carbocycles. The maximum atomic E-state index is 13.9. The minimum atomic E-state index is -0.764. The van der Waals surface area contributed by atoms with Gasteiger partial charge in [-0.3, -0.25) is 19.3 Å². The number of ether oxygens (including phenoxy) is 2. The molecule has 0 aliphatic carbocycles. The minimum Gasteiger partial charge on any atom is -0.454 e. The van der Waals surface area contributed by atoms with Crippen LogP contribution in [-0.4, -0.2) is 40.2 Å². The second kappa shape index (κ2) is 7.81. The predicted octanol–water partition coefficient (Wildman–Crippen LogP) is 3.81. The number of ketones is 1. The molecule has 0 radical (unpaired) electrons. The quantitative estimate of drug-likeness (QED) is 0.419. The number of amides is 2. The molecule has 7 nitrogen and oxygen atoms in total. The molecule has 36 heavy (non-hydrogen) atoms. The summed E-state index contributed by atoms with van der Waals surface area (Å²) in [5.41, 5.74) is 3.26. The van der Waals surface area contributed by atoms with Crippen molar-refractivity contribution in [1.29, 1.82) is 0 Å². The van der Waals surface area contributed by atoms with E-state index in [4.69, 9.17) is 9.47 Å². The van der Waals surface area contributed by atoms with Gasteiger partial charge < -0.3 is 14.4 Å². The molecule has 0 N–H and O–H groups in total. The van der Waals surface area contributed by atoms with E-state index in [0.29, 0.717) is 17.1 Å². The molecule has 2 saturated heterocycles. The molecule has 2 fully saturated rings. The first kappa shape index (κ1) is 20.9. The molecule has 7 heteroatoms. The van der Waals surface area contributed by atoms with Gasteiger partial charge in [-0.25, -0.2) is 0 Å². The van der Waals surface area contributed by atoms with Crippen molar-refractivity contribution in [3.63, 3.8) is 0 Å². The zero-order valence-corrected chi connectivity index (χ0v) is 19.2. The first-order chi connectivity index (χ1) is 17.6. The van der Waals surface area contributed by atoms with E-state index in [0.717, 1.165) is 16.7 Å². The number of fused-ring (bicyclic) bond motifs is 6. The van der Waals surface area contributed by atoms with E-state index in [-0.39, 0.29) is 37.0 Å². The largest absolute Gasteiger partial charge is 0.454 e.